The first-order valence-electron chi connectivity index (χ1n) is 3.12. The van der Waals surface area contributed by atoms with Crippen LogP contribution in [0.3, 0.4) is 0 Å². The molecule has 0 aromatic rings. The van der Waals surface area contributed by atoms with E-state index < -0.39 is 0 Å². The van der Waals surface area contributed by atoms with Crippen molar-refractivity contribution in [1.82, 2.24) is 0 Å². The molecule has 0 spiro atoms. The Labute approximate surface area is 63.2 Å². The predicted molar refractivity (Wildman–Crippen MR) is 40.5 cm³/mol. The molecule has 0 radical (unpaired) electrons. The van der Waals surface area contributed by atoms with Gasteiger partial charge in [0.2, 0.25) is 0 Å². The van der Waals surface area contributed by atoms with Crippen LogP contribution in [0, 0.1) is 0 Å². The predicted octanol–water partition coefficient (Wildman–Crippen LogP) is 1.86. The van der Waals surface area contributed by atoms with Crippen molar-refractivity contribution in [2.75, 3.05) is 0 Å². The van der Waals surface area contributed by atoms with Crippen LogP contribution in [0.1, 0.15) is 32.6 Å². The van der Waals surface area contributed by atoms with Gasteiger partial charge in [0.25, 0.3) is 0 Å². The molecule has 0 aliphatic carbocycles. The van der Waals surface area contributed by atoms with Crippen molar-refractivity contribution in [3.05, 3.63) is 12.3 Å². The first-order chi connectivity index (χ1) is 3.77. The van der Waals surface area contributed by atoms with Crippen LogP contribution < -0.4 is 5.11 Å². The highest BCUT2D eigenvalue weighted by Gasteiger charge is 1.80. The maximum Gasteiger partial charge on any atom is -0.0429 e. The highest BCUT2D eigenvalue weighted by atomic mass is 35.5. The Bertz CT molecular complexity index is 71.3. The lowest BCUT2D eigenvalue weighted by Crippen LogP contribution is -2.00. The summed E-state index contributed by atoms with van der Waals surface area (Å²) >= 11 is 0. The van der Waals surface area contributed by atoms with Crippen LogP contribution >= 0.6 is 12.4 Å². The van der Waals surface area contributed by atoms with E-state index in [1.807, 2.05) is 0 Å². The van der Waals surface area contributed by atoms with Crippen LogP contribution in [0.15, 0.2) is 12.3 Å². The molecule has 56 valence electrons. The maximum atomic E-state index is 10.2. The van der Waals surface area contributed by atoms with E-state index in [1.54, 1.807) is 0 Å². The fraction of sp³-hybridized carbons (Fsp3) is 0.714. The summed E-state index contributed by atoms with van der Waals surface area (Å²) in [4.78, 5) is 0. The number of allylic oxidation sites excluding steroid dienone is 1. The third-order valence-corrected chi connectivity index (χ3v) is 1.06. The van der Waals surface area contributed by atoms with Crippen molar-refractivity contribution in [2.24, 2.45) is 0 Å². The highest BCUT2D eigenvalue weighted by Crippen LogP contribution is 2.00. The third-order valence-electron chi connectivity index (χ3n) is 1.06. The molecule has 0 aliphatic rings. The fourth-order valence-corrected chi connectivity index (χ4v) is 0.572. The van der Waals surface area contributed by atoms with E-state index in [2.05, 4.69) is 13.5 Å². The van der Waals surface area contributed by atoms with Crippen LogP contribution in [-0.2, 0) is 0 Å². The molecule has 1 nitrogen and oxygen atoms in total. The zero-order chi connectivity index (χ0) is 6.41. The van der Waals surface area contributed by atoms with Crippen LogP contribution in [-0.4, -0.2) is 0 Å². The summed E-state index contributed by atoms with van der Waals surface area (Å²) < 4.78 is 0. The molecule has 9 heavy (non-hydrogen) atoms. The number of unbranched alkanes of at least 4 members (excludes halogenated alkanes) is 2. The molecular weight excluding hydrogens is 136 g/mol. The summed E-state index contributed by atoms with van der Waals surface area (Å²) in [7, 11) is 0. The van der Waals surface area contributed by atoms with Crippen molar-refractivity contribution >= 4 is 12.4 Å². The molecule has 0 fully saturated rings. The Morgan fingerprint density at radius 2 is 2.00 bits per heavy atom. The van der Waals surface area contributed by atoms with Crippen molar-refractivity contribution in [3.63, 3.8) is 0 Å². The Morgan fingerprint density at radius 1 is 1.44 bits per heavy atom. The average molecular weight is 150 g/mol. The van der Waals surface area contributed by atoms with Crippen LogP contribution in [0.4, 0.5) is 0 Å². The molecule has 0 atom stereocenters. The molecule has 0 bridgehead atoms. The van der Waals surface area contributed by atoms with Crippen LogP contribution in [0.5, 0.6) is 0 Å². The van der Waals surface area contributed by atoms with Crippen LogP contribution in [0.25, 0.3) is 0 Å². The van der Waals surface area contributed by atoms with Gasteiger partial charge in [-0.05, 0) is 6.42 Å². The molecule has 0 saturated heterocycles. The Hall–Kier alpha value is -0.170. The molecular formula is C7H14ClO-. The molecule has 0 rings (SSSR count). The van der Waals surface area contributed by atoms with Gasteiger partial charge >= 0.3 is 0 Å². The number of hydrogen-bond acceptors (Lipinski definition) is 1. The lowest BCUT2D eigenvalue weighted by Gasteiger charge is -2.06. The molecule has 0 unspecified atom stereocenters. The minimum absolute atomic E-state index is 0. The minimum atomic E-state index is 0. The molecule has 0 amide bonds. The van der Waals surface area contributed by atoms with Gasteiger partial charge < -0.3 is 5.11 Å². The van der Waals surface area contributed by atoms with E-state index in [0.717, 1.165) is 12.8 Å². The molecule has 0 N–H and O–H groups in total. The van der Waals surface area contributed by atoms with Gasteiger partial charge in [0.05, 0.1) is 0 Å². The molecule has 0 heterocycles. The van der Waals surface area contributed by atoms with Crippen molar-refractivity contribution < 1.29 is 5.11 Å². The van der Waals surface area contributed by atoms with Crippen LogP contribution in [0.2, 0.25) is 0 Å². The van der Waals surface area contributed by atoms with Gasteiger partial charge in [0.1, 0.15) is 0 Å². The van der Waals surface area contributed by atoms with Gasteiger partial charge in [-0.25, -0.2) is 0 Å². The maximum absolute atomic E-state index is 10.2. The monoisotopic (exact) mass is 149 g/mol. The summed E-state index contributed by atoms with van der Waals surface area (Å²) in [6, 6.07) is 0. The molecule has 0 aromatic carbocycles. The quantitative estimate of drug-likeness (QED) is 0.442. The topological polar surface area (TPSA) is 23.1 Å². The summed E-state index contributed by atoms with van der Waals surface area (Å²) in [5.74, 6) is 0.0680. The largest absolute Gasteiger partial charge is 0.876 e. The van der Waals surface area contributed by atoms with E-state index in [0.29, 0.717) is 6.42 Å². The third kappa shape index (κ3) is 11.4. The zero-order valence-corrected chi connectivity index (χ0v) is 6.67. The number of rotatable bonds is 4. The second kappa shape index (κ2) is 7.83. The summed E-state index contributed by atoms with van der Waals surface area (Å²) in [5, 5.41) is 10.2. The van der Waals surface area contributed by atoms with Crippen molar-refractivity contribution in [1.29, 1.82) is 0 Å². The minimum Gasteiger partial charge on any atom is -0.876 e. The second-order valence-electron chi connectivity index (χ2n) is 2.00. The summed E-state index contributed by atoms with van der Waals surface area (Å²) in [5.41, 5.74) is 0. The summed E-state index contributed by atoms with van der Waals surface area (Å²) in [6.45, 7) is 5.39. The zero-order valence-electron chi connectivity index (χ0n) is 5.85. The van der Waals surface area contributed by atoms with Gasteiger partial charge in [-0.2, -0.15) is 0 Å². The van der Waals surface area contributed by atoms with Gasteiger partial charge in [-0.15, -0.1) is 24.7 Å². The highest BCUT2D eigenvalue weighted by molar-refractivity contribution is 5.85. The molecule has 0 saturated carbocycles. The Kier molecular flexibility index (Phi) is 10.1. The van der Waals surface area contributed by atoms with E-state index in [1.165, 1.54) is 6.42 Å². The molecule has 0 aliphatic heterocycles. The lowest BCUT2D eigenvalue weighted by molar-refractivity contribution is -0.306. The number of hydrogen-bond donors (Lipinski definition) is 0. The SMILES string of the molecule is C=C([O-])CCCCC.Cl. The summed E-state index contributed by atoms with van der Waals surface area (Å²) in [6.07, 6.45) is 4.00. The Morgan fingerprint density at radius 3 is 2.33 bits per heavy atom. The van der Waals surface area contributed by atoms with Gasteiger partial charge in [-0.3, -0.25) is 0 Å². The smallest absolute Gasteiger partial charge is 0.0429 e. The standard InChI is InChI=1S/C7H14O.ClH/c1-3-4-5-6-7(2)8;/h8H,2-6H2,1H3;1H/p-1. The molecule has 2 heteroatoms. The van der Waals surface area contributed by atoms with E-state index in [4.69, 9.17) is 0 Å². The first-order valence-corrected chi connectivity index (χ1v) is 3.12. The Balaban J connectivity index is 0. The van der Waals surface area contributed by atoms with Gasteiger partial charge in [0, 0.05) is 0 Å². The van der Waals surface area contributed by atoms with Crippen molar-refractivity contribution in [3.8, 4) is 0 Å². The van der Waals surface area contributed by atoms with E-state index >= 15 is 0 Å². The number of halogens is 1. The normalized spacial score (nSPS) is 8.11. The van der Waals surface area contributed by atoms with Gasteiger partial charge in [-0.1, -0.05) is 26.2 Å². The second-order valence-corrected chi connectivity index (χ2v) is 2.00. The van der Waals surface area contributed by atoms with Crippen molar-refractivity contribution in [2.45, 2.75) is 32.6 Å². The first kappa shape index (κ1) is 11.6. The van der Waals surface area contributed by atoms with E-state index in [9.17, 15) is 5.11 Å². The molecule has 0 aromatic heterocycles. The van der Waals surface area contributed by atoms with E-state index in [-0.39, 0.29) is 18.2 Å². The van der Waals surface area contributed by atoms with Gasteiger partial charge in [0.15, 0.2) is 0 Å². The lowest BCUT2D eigenvalue weighted by atomic mass is 10.2. The average Bonchev–Trinajstić information content (AvgIpc) is 1.66. The fourth-order valence-electron chi connectivity index (χ4n) is 0.572.